The van der Waals surface area contributed by atoms with Crippen LogP contribution in [-0.2, 0) is 26.0 Å². The van der Waals surface area contributed by atoms with E-state index in [0.717, 1.165) is 48.1 Å². The number of nitrogens with zero attached hydrogens (tertiary/aromatic N) is 2. The monoisotopic (exact) mass is 616 g/mol. The summed E-state index contributed by atoms with van der Waals surface area (Å²) in [5.74, 6) is 0.878. The average Bonchev–Trinajstić information content (AvgIpc) is 3.04. The number of ether oxygens (including phenoxy) is 2. The maximum atomic E-state index is 13.3. The predicted molar refractivity (Wildman–Crippen MR) is 172 cm³/mol. The van der Waals surface area contributed by atoms with Crippen molar-refractivity contribution in [1.82, 2.24) is 14.7 Å². The number of rotatable bonds is 17. The topological polar surface area (TPSA) is 120 Å². The van der Waals surface area contributed by atoms with Gasteiger partial charge in [0.25, 0.3) is 10.0 Å². The second-order valence-electron chi connectivity index (χ2n) is 10.3. The highest BCUT2D eigenvalue weighted by Gasteiger charge is 2.24. The van der Waals surface area contributed by atoms with Gasteiger partial charge in [-0.1, -0.05) is 74.7 Å². The highest BCUT2D eigenvalue weighted by atomic mass is 32.2. The Hall–Kier alpha value is -4.28. The first kappa shape index (κ1) is 32.6. The van der Waals surface area contributed by atoms with Gasteiger partial charge in [-0.25, -0.2) is 23.1 Å². The van der Waals surface area contributed by atoms with Crippen molar-refractivity contribution in [2.75, 3.05) is 25.1 Å². The predicted octanol–water partition coefficient (Wildman–Crippen LogP) is 6.34. The standard InChI is InChI=1S/C34H40N4O5S/c1-3-5-6-9-22-43-34(39)25-36-32-15-11-14-30(37-32)31(38-44(40,41)33-16-7-8-21-35-33)23-26-17-19-27(20-18-26)28-12-10-13-29(24-28)42-4-2/h7-8,10-21,24,31,38H,3-6,9,22-23,25H2,1-2H3,(H,36,37). The first-order valence-electron chi connectivity index (χ1n) is 15.0. The highest BCUT2D eigenvalue weighted by molar-refractivity contribution is 7.89. The van der Waals surface area contributed by atoms with Crippen molar-refractivity contribution in [2.45, 2.75) is 57.0 Å². The average molecular weight is 617 g/mol. The van der Waals surface area contributed by atoms with Crippen LogP contribution in [0, 0.1) is 0 Å². The number of anilines is 1. The molecule has 0 spiro atoms. The van der Waals surface area contributed by atoms with Crippen molar-refractivity contribution in [3.8, 4) is 16.9 Å². The van der Waals surface area contributed by atoms with Crippen LogP contribution in [-0.4, -0.2) is 44.1 Å². The molecule has 2 N–H and O–H groups in total. The Morgan fingerprint density at radius 3 is 2.45 bits per heavy atom. The third-order valence-corrected chi connectivity index (χ3v) is 8.27. The van der Waals surface area contributed by atoms with Gasteiger partial charge in [-0.15, -0.1) is 0 Å². The fraction of sp³-hybridized carbons (Fsp3) is 0.324. The Kier molecular flexibility index (Phi) is 12.3. The number of sulfonamides is 1. The number of pyridine rings is 2. The van der Waals surface area contributed by atoms with E-state index in [1.54, 1.807) is 30.3 Å². The molecule has 0 saturated carbocycles. The molecular weight excluding hydrogens is 576 g/mol. The maximum Gasteiger partial charge on any atom is 0.325 e. The largest absolute Gasteiger partial charge is 0.494 e. The van der Waals surface area contributed by atoms with Crippen LogP contribution >= 0.6 is 0 Å². The van der Waals surface area contributed by atoms with Crippen molar-refractivity contribution < 1.29 is 22.7 Å². The van der Waals surface area contributed by atoms with E-state index in [9.17, 15) is 13.2 Å². The van der Waals surface area contributed by atoms with Crippen LogP contribution in [0.2, 0.25) is 0 Å². The number of nitrogens with one attached hydrogen (secondary N) is 2. The molecule has 0 aliphatic heterocycles. The van der Waals surface area contributed by atoms with E-state index < -0.39 is 16.1 Å². The molecular formula is C34H40N4O5S. The summed E-state index contributed by atoms with van der Waals surface area (Å²) in [4.78, 5) is 20.9. The summed E-state index contributed by atoms with van der Waals surface area (Å²) in [6, 6.07) is 25.1. The minimum Gasteiger partial charge on any atom is -0.494 e. The van der Waals surface area contributed by atoms with E-state index >= 15 is 0 Å². The molecule has 2 heterocycles. The Morgan fingerprint density at radius 2 is 1.70 bits per heavy atom. The van der Waals surface area contributed by atoms with E-state index in [0.29, 0.717) is 31.1 Å². The Morgan fingerprint density at radius 1 is 0.886 bits per heavy atom. The summed E-state index contributed by atoms with van der Waals surface area (Å²) in [6.07, 6.45) is 5.87. The Labute approximate surface area is 260 Å². The number of aromatic nitrogens is 2. The molecule has 0 amide bonds. The van der Waals surface area contributed by atoms with E-state index in [-0.39, 0.29) is 17.5 Å². The summed E-state index contributed by atoms with van der Waals surface area (Å²) in [5.41, 5.74) is 3.45. The van der Waals surface area contributed by atoms with Crippen LogP contribution in [0.4, 0.5) is 5.82 Å². The first-order valence-corrected chi connectivity index (χ1v) is 16.5. The van der Waals surface area contributed by atoms with Gasteiger partial charge >= 0.3 is 5.97 Å². The lowest BCUT2D eigenvalue weighted by molar-refractivity contribution is -0.141. The second-order valence-corrected chi connectivity index (χ2v) is 11.9. The molecule has 2 aromatic heterocycles. The molecule has 2 aromatic carbocycles. The van der Waals surface area contributed by atoms with E-state index in [1.807, 2.05) is 55.5 Å². The van der Waals surface area contributed by atoms with Crippen LogP contribution in [0.1, 0.15) is 56.8 Å². The number of benzene rings is 2. The number of hydrogen-bond acceptors (Lipinski definition) is 8. The van der Waals surface area contributed by atoms with E-state index in [4.69, 9.17) is 9.47 Å². The van der Waals surface area contributed by atoms with Gasteiger partial charge in [-0.2, -0.15) is 0 Å². The van der Waals surface area contributed by atoms with E-state index in [2.05, 4.69) is 26.9 Å². The van der Waals surface area contributed by atoms with Crippen LogP contribution in [0.25, 0.3) is 11.1 Å². The fourth-order valence-electron chi connectivity index (χ4n) is 4.63. The number of esters is 1. The molecule has 1 unspecified atom stereocenters. The molecule has 0 fully saturated rings. The summed E-state index contributed by atoms with van der Waals surface area (Å²) in [7, 11) is -3.95. The lowest BCUT2D eigenvalue weighted by Crippen LogP contribution is -2.31. The number of carbonyl (C=O) groups excluding carboxylic acids is 1. The van der Waals surface area contributed by atoms with Crippen LogP contribution in [0.5, 0.6) is 5.75 Å². The molecule has 232 valence electrons. The van der Waals surface area contributed by atoms with Gasteiger partial charge in [0.1, 0.15) is 18.1 Å². The lowest BCUT2D eigenvalue weighted by Gasteiger charge is -2.19. The van der Waals surface area contributed by atoms with Crippen LogP contribution in [0.3, 0.4) is 0 Å². The second kappa shape index (κ2) is 16.5. The smallest absolute Gasteiger partial charge is 0.325 e. The summed E-state index contributed by atoms with van der Waals surface area (Å²) < 4.78 is 40.3. The Bertz CT molecular complexity index is 1580. The maximum absolute atomic E-state index is 13.3. The van der Waals surface area contributed by atoms with Crippen molar-refractivity contribution in [2.24, 2.45) is 0 Å². The molecule has 44 heavy (non-hydrogen) atoms. The summed E-state index contributed by atoms with van der Waals surface area (Å²) >= 11 is 0. The van der Waals surface area contributed by atoms with Crippen LogP contribution < -0.4 is 14.8 Å². The third-order valence-electron chi connectivity index (χ3n) is 6.89. The molecule has 0 aliphatic carbocycles. The van der Waals surface area contributed by atoms with Crippen LogP contribution in [0.15, 0.2) is 96.2 Å². The lowest BCUT2D eigenvalue weighted by atomic mass is 9.99. The minimum absolute atomic E-state index is 0.0412. The van der Waals surface area contributed by atoms with Gasteiger partial charge in [0.15, 0.2) is 5.03 Å². The molecule has 0 saturated heterocycles. The molecule has 0 aliphatic rings. The van der Waals surface area contributed by atoms with Gasteiger partial charge in [0.2, 0.25) is 0 Å². The van der Waals surface area contributed by atoms with Gasteiger partial charge in [0.05, 0.1) is 24.9 Å². The fourth-order valence-corrected chi connectivity index (χ4v) is 5.79. The number of carbonyl (C=O) groups is 1. The van der Waals surface area contributed by atoms with Crippen molar-refractivity contribution in [3.63, 3.8) is 0 Å². The van der Waals surface area contributed by atoms with Crippen molar-refractivity contribution in [3.05, 3.63) is 102 Å². The zero-order valence-electron chi connectivity index (χ0n) is 25.2. The number of unbranched alkanes of at least 4 members (excludes halogenated alkanes) is 3. The molecule has 4 rings (SSSR count). The van der Waals surface area contributed by atoms with Gasteiger partial charge in [-0.05, 0) is 72.9 Å². The zero-order chi connectivity index (χ0) is 31.2. The van der Waals surface area contributed by atoms with Gasteiger partial charge in [-0.3, -0.25) is 4.79 Å². The molecule has 1 atom stereocenters. The minimum atomic E-state index is -3.95. The first-order chi connectivity index (χ1) is 21.4. The van der Waals surface area contributed by atoms with Crippen molar-refractivity contribution >= 4 is 21.8 Å². The SMILES string of the molecule is CCCCCCOC(=O)CNc1cccc(C(Cc2ccc(-c3cccc(OCC)c3)cc2)NS(=O)(=O)c2ccccn2)n1. The zero-order valence-corrected chi connectivity index (χ0v) is 26.1. The molecule has 0 bridgehead atoms. The molecule has 0 radical (unpaired) electrons. The summed E-state index contributed by atoms with van der Waals surface area (Å²) in [5, 5.41) is 2.93. The normalized spacial score (nSPS) is 12.0. The quantitative estimate of drug-likeness (QED) is 0.104. The highest BCUT2D eigenvalue weighted by Crippen LogP contribution is 2.26. The number of hydrogen-bond donors (Lipinski definition) is 2. The molecule has 4 aromatic rings. The summed E-state index contributed by atoms with van der Waals surface area (Å²) in [6.45, 7) is 5.02. The van der Waals surface area contributed by atoms with Gasteiger partial charge in [0, 0.05) is 6.20 Å². The van der Waals surface area contributed by atoms with Crippen molar-refractivity contribution in [1.29, 1.82) is 0 Å². The molecule has 9 nitrogen and oxygen atoms in total. The Balaban J connectivity index is 1.51. The van der Waals surface area contributed by atoms with E-state index in [1.165, 1.54) is 12.3 Å². The van der Waals surface area contributed by atoms with Gasteiger partial charge < -0.3 is 14.8 Å². The molecule has 10 heteroatoms. The third kappa shape index (κ3) is 9.89.